The number of carbonyl (C=O) groups is 1. The van der Waals surface area contributed by atoms with Crippen molar-refractivity contribution in [3.63, 3.8) is 0 Å². The molecule has 4 aromatic rings. The van der Waals surface area contributed by atoms with Gasteiger partial charge in [0.15, 0.2) is 0 Å². The van der Waals surface area contributed by atoms with Crippen LogP contribution in [0.25, 0.3) is 10.2 Å². The molecule has 1 aromatic carbocycles. The minimum Gasteiger partial charge on any atom is -0.486 e. The summed E-state index contributed by atoms with van der Waals surface area (Å²) in [5.41, 5.74) is 2.86. The number of nitrogens with zero attached hydrogens (tertiary/aromatic N) is 5. The van der Waals surface area contributed by atoms with Crippen LogP contribution in [0.1, 0.15) is 41.8 Å². The van der Waals surface area contributed by atoms with E-state index in [9.17, 15) is 4.79 Å². The molecule has 2 aliphatic rings. The van der Waals surface area contributed by atoms with Crippen LogP contribution in [0.5, 0.6) is 5.75 Å². The number of pyridine rings is 1. The van der Waals surface area contributed by atoms with Gasteiger partial charge in [-0.3, -0.25) is 14.7 Å². The number of rotatable bonds is 8. The Bertz CT molecular complexity index is 1530. The van der Waals surface area contributed by atoms with Crippen LogP contribution in [0.3, 0.4) is 0 Å². The van der Waals surface area contributed by atoms with Gasteiger partial charge in [-0.2, -0.15) is 0 Å². The fourth-order valence-electron chi connectivity index (χ4n) is 5.41. The van der Waals surface area contributed by atoms with Gasteiger partial charge in [-0.25, -0.2) is 9.97 Å². The van der Waals surface area contributed by atoms with Crippen LogP contribution in [0.15, 0.2) is 61.1 Å². The second kappa shape index (κ2) is 13.0. The van der Waals surface area contributed by atoms with Gasteiger partial charge >= 0.3 is 0 Å². The molecule has 1 N–H and O–H groups in total. The molecule has 0 saturated carbocycles. The van der Waals surface area contributed by atoms with Crippen molar-refractivity contribution in [2.45, 2.75) is 45.3 Å². The molecule has 0 spiro atoms. The third kappa shape index (κ3) is 6.69. The van der Waals surface area contributed by atoms with Crippen molar-refractivity contribution in [3.8, 4) is 5.75 Å². The van der Waals surface area contributed by atoms with E-state index in [0.29, 0.717) is 30.5 Å². The molecule has 0 bridgehead atoms. The number of benzene rings is 1. The predicted octanol–water partition coefficient (Wildman–Crippen LogP) is 6.38. The topological polar surface area (TPSA) is 83.5 Å². The zero-order chi connectivity index (χ0) is 28.0. The van der Waals surface area contributed by atoms with Crippen molar-refractivity contribution in [2.24, 2.45) is 0 Å². The van der Waals surface area contributed by atoms with Crippen LogP contribution in [0.4, 0.5) is 11.5 Å². The lowest BCUT2D eigenvalue weighted by Gasteiger charge is -2.26. The summed E-state index contributed by atoms with van der Waals surface area (Å²) in [6.45, 7) is 4.71. The fourth-order valence-corrected chi connectivity index (χ4v) is 6.84. The van der Waals surface area contributed by atoms with E-state index >= 15 is 0 Å². The Morgan fingerprint density at radius 3 is 2.76 bits per heavy atom. The zero-order valence-corrected chi connectivity index (χ0v) is 24.5. The van der Waals surface area contributed by atoms with Gasteiger partial charge < -0.3 is 15.0 Å². The number of anilines is 2. The first kappa shape index (κ1) is 27.6. The summed E-state index contributed by atoms with van der Waals surface area (Å²) in [4.78, 5) is 32.8. The number of hydrogen-bond acceptors (Lipinski definition) is 8. The Morgan fingerprint density at radius 1 is 1.07 bits per heavy atom. The van der Waals surface area contributed by atoms with E-state index in [-0.39, 0.29) is 5.91 Å². The van der Waals surface area contributed by atoms with Crippen molar-refractivity contribution in [1.29, 1.82) is 0 Å². The number of hydrogen-bond donors (Lipinski definition) is 1. The Morgan fingerprint density at radius 2 is 1.95 bits per heavy atom. The summed E-state index contributed by atoms with van der Waals surface area (Å²) in [5, 5.41) is 4.95. The summed E-state index contributed by atoms with van der Waals surface area (Å²) in [5.74, 6) is 1.41. The second-order valence-electron chi connectivity index (χ2n) is 10.4. The number of likely N-dealkylation sites (tertiary alicyclic amines) is 1. The maximum atomic E-state index is 13.0. The lowest BCUT2D eigenvalue weighted by Crippen LogP contribution is -2.34. The van der Waals surface area contributed by atoms with Crippen LogP contribution in [0.2, 0.25) is 5.02 Å². The third-order valence-electron chi connectivity index (χ3n) is 7.57. The molecular weight excluding hydrogens is 556 g/mol. The van der Waals surface area contributed by atoms with Crippen LogP contribution >= 0.6 is 22.9 Å². The molecule has 3 aromatic heterocycles. The summed E-state index contributed by atoms with van der Waals surface area (Å²) in [7, 11) is 0. The number of thiophene rings is 1. The van der Waals surface area contributed by atoms with E-state index in [0.717, 1.165) is 53.5 Å². The van der Waals surface area contributed by atoms with Gasteiger partial charge in [0.1, 0.15) is 29.3 Å². The Balaban J connectivity index is 1.12. The molecule has 6 rings (SSSR count). The van der Waals surface area contributed by atoms with Gasteiger partial charge in [-0.1, -0.05) is 36.6 Å². The van der Waals surface area contributed by atoms with E-state index in [2.05, 4.69) is 25.2 Å². The van der Waals surface area contributed by atoms with Crippen LogP contribution < -0.4 is 10.1 Å². The minimum atomic E-state index is 0.0763. The van der Waals surface area contributed by atoms with E-state index in [1.807, 2.05) is 47.4 Å². The number of carbonyl (C=O) groups excluding carboxylic acids is 1. The molecule has 1 fully saturated rings. The predicted molar refractivity (Wildman–Crippen MR) is 164 cm³/mol. The molecule has 10 heteroatoms. The van der Waals surface area contributed by atoms with Gasteiger partial charge in [0.05, 0.1) is 22.6 Å². The molecule has 8 nitrogen and oxygen atoms in total. The average Bonchev–Trinajstić information content (AvgIpc) is 3.17. The summed E-state index contributed by atoms with van der Waals surface area (Å²) < 4.78 is 5.86. The standard InChI is InChI=1S/C31H33ClN6O2S/c32-25-18-22(10-11-26(25)40-20-23-8-3-4-13-33-23)36-30-29-24-12-17-38(19-27(24)41-31(29)35-21-34-30)28(39)9-7-16-37-14-5-1-2-6-15-37/h3-4,7-11,13,18,21H,1-2,5-6,12,14-17,19-20H2,(H,34,35,36). The highest BCUT2D eigenvalue weighted by atomic mass is 35.5. The molecule has 1 amide bonds. The van der Waals surface area contributed by atoms with E-state index in [4.69, 9.17) is 16.3 Å². The summed E-state index contributed by atoms with van der Waals surface area (Å²) in [6, 6.07) is 11.3. The smallest absolute Gasteiger partial charge is 0.246 e. The minimum absolute atomic E-state index is 0.0763. The Labute approximate surface area is 249 Å². The Hall–Kier alpha value is -3.53. The molecule has 2 aliphatic heterocycles. The largest absolute Gasteiger partial charge is 0.486 e. The highest BCUT2D eigenvalue weighted by molar-refractivity contribution is 7.19. The molecule has 5 heterocycles. The van der Waals surface area contributed by atoms with E-state index in [1.165, 1.54) is 36.1 Å². The third-order valence-corrected chi connectivity index (χ3v) is 8.99. The lowest BCUT2D eigenvalue weighted by molar-refractivity contribution is -0.126. The van der Waals surface area contributed by atoms with Gasteiger partial charge in [-0.15, -0.1) is 11.3 Å². The van der Waals surface area contributed by atoms with Gasteiger partial charge in [0.2, 0.25) is 5.91 Å². The summed E-state index contributed by atoms with van der Waals surface area (Å²) in [6.07, 6.45) is 13.0. The normalized spacial score (nSPS) is 16.1. The maximum Gasteiger partial charge on any atom is 0.246 e. The molecular formula is C31H33ClN6O2S. The van der Waals surface area contributed by atoms with Crippen LogP contribution in [-0.2, 0) is 24.4 Å². The monoisotopic (exact) mass is 588 g/mol. The van der Waals surface area contributed by atoms with E-state index in [1.54, 1.807) is 29.9 Å². The van der Waals surface area contributed by atoms with Gasteiger partial charge in [0, 0.05) is 35.9 Å². The van der Waals surface area contributed by atoms with Crippen molar-refractivity contribution in [2.75, 3.05) is 31.5 Å². The molecule has 41 heavy (non-hydrogen) atoms. The van der Waals surface area contributed by atoms with Crippen LogP contribution in [-0.4, -0.2) is 56.8 Å². The Kier molecular flexibility index (Phi) is 8.74. The van der Waals surface area contributed by atoms with Crippen LogP contribution in [0, 0.1) is 0 Å². The fraction of sp³-hybridized carbons (Fsp3) is 0.355. The maximum absolute atomic E-state index is 13.0. The highest BCUT2D eigenvalue weighted by Gasteiger charge is 2.25. The SMILES string of the molecule is O=C(C=CCN1CCCCCC1)N1CCc2c(sc3ncnc(Nc4ccc(OCc5ccccn5)c(Cl)c4)c23)C1. The molecule has 1 saturated heterocycles. The van der Waals surface area contributed by atoms with Crippen molar-refractivity contribution >= 4 is 50.6 Å². The van der Waals surface area contributed by atoms with E-state index < -0.39 is 0 Å². The molecule has 0 aliphatic carbocycles. The number of nitrogens with one attached hydrogen (secondary N) is 1. The molecule has 212 valence electrons. The number of halogens is 1. The molecule has 0 unspecified atom stereocenters. The number of ether oxygens (including phenoxy) is 1. The molecule has 0 atom stereocenters. The first-order valence-electron chi connectivity index (χ1n) is 14.2. The highest BCUT2D eigenvalue weighted by Crippen LogP contribution is 2.39. The average molecular weight is 589 g/mol. The lowest BCUT2D eigenvalue weighted by atomic mass is 10.0. The number of fused-ring (bicyclic) bond motifs is 3. The van der Waals surface area contributed by atoms with Crippen molar-refractivity contribution in [1.82, 2.24) is 24.8 Å². The first-order chi connectivity index (χ1) is 20.1. The summed E-state index contributed by atoms with van der Waals surface area (Å²) >= 11 is 8.18. The number of amides is 1. The first-order valence-corrected chi connectivity index (χ1v) is 15.4. The zero-order valence-electron chi connectivity index (χ0n) is 22.9. The van der Waals surface area contributed by atoms with Gasteiger partial charge in [-0.05, 0) is 68.2 Å². The van der Waals surface area contributed by atoms with Crippen molar-refractivity contribution in [3.05, 3.63) is 82.2 Å². The number of aromatic nitrogens is 3. The van der Waals surface area contributed by atoms with Crippen molar-refractivity contribution < 1.29 is 9.53 Å². The van der Waals surface area contributed by atoms with Gasteiger partial charge in [0.25, 0.3) is 0 Å². The second-order valence-corrected chi connectivity index (χ2v) is 11.9. The molecule has 0 radical (unpaired) electrons. The quantitative estimate of drug-likeness (QED) is 0.239.